The first kappa shape index (κ1) is 17.3. The van der Waals surface area contributed by atoms with E-state index < -0.39 is 0 Å². The lowest BCUT2D eigenvalue weighted by Gasteiger charge is -2.32. The van der Waals surface area contributed by atoms with Gasteiger partial charge in [-0.2, -0.15) is 0 Å². The minimum atomic E-state index is -0.383. The molecule has 1 saturated heterocycles. The van der Waals surface area contributed by atoms with Crippen LogP contribution in [0.3, 0.4) is 0 Å². The van der Waals surface area contributed by atoms with E-state index in [-0.39, 0.29) is 22.8 Å². The summed E-state index contributed by atoms with van der Waals surface area (Å²) in [5.41, 5.74) is 0.819. The van der Waals surface area contributed by atoms with E-state index in [0.717, 1.165) is 31.2 Å². The Labute approximate surface area is 145 Å². The number of nitrogens with one attached hydrogen (secondary N) is 1. The van der Waals surface area contributed by atoms with Crippen LogP contribution in [-0.2, 0) is 6.42 Å². The molecular formula is C19H22FN3O2. The van der Waals surface area contributed by atoms with E-state index in [1.807, 2.05) is 0 Å². The molecule has 1 aromatic carbocycles. The topological polar surface area (TPSA) is 66.1 Å². The highest BCUT2D eigenvalue weighted by Gasteiger charge is 2.26. The number of amides is 1. The molecule has 5 nitrogen and oxygen atoms in total. The van der Waals surface area contributed by atoms with Gasteiger partial charge < -0.3 is 9.88 Å². The molecule has 1 amide bonds. The SMILES string of the molecule is Cc1ncc(C(=O)N2CCCC(CCc3ccc(F)cc3)C2)c(=O)[nH]1. The van der Waals surface area contributed by atoms with E-state index in [0.29, 0.717) is 24.8 Å². The molecule has 6 heteroatoms. The molecule has 132 valence electrons. The molecule has 1 unspecified atom stereocenters. The predicted octanol–water partition coefficient (Wildman–Crippen LogP) is 2.70. The van der Waals surface area contributed by atoms with Gasteiger partial charge >= 0.3 is 0 Å². The molecule has 0 saturated carbocycles. The quantitative estimate of drug-likeness (QED) is 0.928. The molecule has 2 heterocycles. The molecule has 0 bridgehead atoms. The fraction of sp³-hybridized carbons (Fsp3) is 0.421. The van der Waals surface area contributed by atoms with E-state index in [4.69, 9.17) is 0 Å². The Bertz CT molecular complexity index is 801. The summed E-state index contributed by atoms with van der Waals surface area (Å²) in [4.78, 5) is 32.9. The van der Waals surface area contributed by atoms with Crippen LogP contribution in [0.2, 0.25) is 0 Å². The number of rotatable bonds is 4. The number of aromatic amines is 1. The van der Waals surface area contributed by atoms with E-state index in [1.54, 1.807) is 24.0 Å². The van der Waals surface area contributed by atoms with Crippen molar-refractivity contribution in [1.29, 1.82) is 0 Å². The molecule has 0 aliphatic carbocycles. The Kier molecular flexibility index (Phi) is 5.26. The van der Waals surface area contributed by atoms with Gasteiger partial charge in [0.05, 0.1) is 0 Å². The van der Waals surface area contributed by atoms with E-state index in [9.17, 15) is 14.0 Å². The number of aryl methyl sites for hydroxylation is 2. The van der Waals surface area contributed by atoms with Crippen molar-refractivity contribution in [3.8, 4) is 0 Å². The van der Waals surface area contributed by atoms with Gasteiger partial charge in [-0.15, -0.1) is 0 Å². The van der Waals surface area contributed by atoms with Crippen LogP contribution < -0.4 is 5.56 Å². The van der Waals surface area contributed by atoms with Gasteiger partial charge in [-0.1, -0.05) is 12.1 Å². The first-order valence-corrected chi connectivity index (χ1v) is 8.62. The highest BCUT2D eigenvalue weighted by atomic mass is 19.1. The number of likely N-dealkylation sites (tertiary alicyclic amines) is 1. The van der Waals surface area contributed by atoms with Gasteiger partial charge in [0.2, 0.25) is 0 Å². The molecule has 0 spiro atoms. The van der Waals surface area contributed by atoms with Crippen molar-refractivity contribution >= 4 is 5.91 Å². The number of piperidine rings is 1. The standard InChI is InChI=1S/C19H22FN3O2/c1-13-21-11-17(18(24)22-13)19(25)23-10-2-3-15(12-23)5-4-14-6-8-16(20)9-7-14/h6-9,11,15H,2-5,10,12H2,1H3,(H,21,22,24). The third-order valence-electron chi connectivity index (χ3n) is 4.72. The van der Waals surface area contributed by atoms with Crippen LogP contribution >= 0.6 is 0 Å². The predicted molar refractivity (Wildman–Crippen MR) is 92.9 cm³/mol. The highest BCUT2D eigenvalue weighted by Crippen LogP contribution is 2.22. The second-order valence-corrected chi connectivity index (χ2v) is 6.64. The summed E-state index contributed by atoms with van der Waals surface area (Å²) in [6.45, 7) is 2.99. The normalized spacial score (nSPS) is 17.5. The highest BCUT2D eigenvalue weighted by molar-refractivity contribution is 5.93. The minimum absolute atomic E-state index is 0.102. The maximum Gasteiger partial charge on any atom is 0.263 e. The number of hydrogen-bond acceptors (Lipinski definition) is 3. The van der Waals surface area contributed by atoms with Gasteiger partial charge in [0.1, 0.15) is 17.2 Å². The van der Waals surface area contributed by atoms with E-state index >= 15 is 0 Å². The minimum Gasteiger partial charge on any atom is -0.338 e. The van der Waals surface area contributed by atoms with Gasteiger partial charge in [0.15, 0.2) is 0 Å². The summed E-state index contributed by atoms with van der Waals surface area (Å²) >= 11 is 0. The summed E-state index contributed by atoms with van der Waals surface area (Å²) in [5, 5.41) is 0. The molecule has 1 aliphatic heterocycles. The molecule has 3 rings (SSSR count). The molecule has 25 heavy (non-hydrogen) atoms. The molecule has 0 radical (unpaired) electrons. The second-order valence-electron chi connectivity index (χ2n) is 6.64. The first-order chi connectivity index (χ1) is 12.0. The lowest BCUT2D eigenvalue weighted by Crippen LogP contribution is -2.42. The summed E-state index contributed by atoms with van der Waals surface area (Å²) < 4.78 is 13.0. The Hall–Kier alpha value is -2.50. The van der Waals surface area contributed by atoms with Crippen LogP contribution in [0, 0.1) is 18.7 Å². The van der Waals surface area contributed by atoms with Gasteiger partial charge in [-0.3, -0.25) is 9.59 Å². The Balaban J connectivity index is 1.61. The zero-order valence-corrected chi connectivity index (χ0v) is 14.3. The average Bonchev–Trinajstić information content (AvgIpc) is 2.61. The lowest BCUT2D eigenvalue weighted by atomic mass is 9.91. The van der Waals surface area contributed by atoms with Crippen molar-refractivity contribution in [2.75, 3.05) is 13.1 Å². The number of carbonyl (C=O) groups is 1. The number of aromatic nitrogens is 2. The van der Waals surface area contributed by atoms with Gasteiger partial charge in [-0.25, -0.2) is 9.37 Å². The smallest absolute Gasteiger partial charge is 0.263 e. The molecule has 1 aromatic heterocycles. The summed E-state index contributed by atoms with van der Waals surface area (Å²) in [6, 6.07) is 6.56. The van der Waals surface area contributed by atoms with Crippen LogP contribution in [0.5, 0.6) is 0 Å². The van der Waals surface area contributed by atoms with Crippen LogP contribution in [0.15, 0.2) is 35.3 Å². The molecule has 1 fully saturated rings. The molecule has 2 aromatic rings. The van der Waals surface area contributed by atoms with E-state index in [1.165, 1.54) is 18.3 Å². The Morgan fingerprint density at radius 2 is 2.12 bits per heavy atom. The molecule has 1 aliphatic rings. The maximum absolute atomic E-state index is 13.0. The molecule has 1 atom stereocenters. The van der Waals surface area contributed by atoms with Crippen LogP contribution in [0.4, 0.5) is 4.39 Å². The van der Waals surface area contributed by atoms with Gasteiger partial charge in [0.25, 0.3) is 11.5 Å². The third kappa shape index (κ3) is 4.32. The lowest BCUT2D eigenvalue weighted by molar-refractivity contribution is 0.0666. The van der Waals surface area contributed by atoms with Crippen molar-refractivity contribution < 1.29 is 9.18 Å². The molecular weight excluding hydrogens is 321 g/mol. The van der Waals surface area contributed by atoms with Gasteiger partial charge in [0, 0.05) is 19.3 Å². The zero-order valence-electron chi connectivity index (χ0n) is 14.3. The van der Waals surface area contributed by atoms with E-state index in [2.05, 4.69) is 9.97 Å². The fourth-order valence-corrected chi connectivity index (χ4v) is 3.31. The van der Waals surface area contributed by atoms with Crippen molar-refractivity contribution in [1.82, 2.24) is 14.9 Å². The van der Waals surface area contributed by atoms with Crippen LogP contribution in [0.1, 0.15) is 41.0 Å². The van der Waals surface area contributed by atoms with Crippen molar-refractivity contribution in [2.24, 2.45) is 5.92 Å². The monoisotopic (exact) mass is 343 g/mol. The number of H-pyrrole nitrogens is 1. The summed E-state index contributed by atoms with van der Waals surface area (Å²) in [7, 11) is 0. The van der Waals surface area contributed by atoms with Crippen LogP contribution in [-0.4, -0.2) is 33.9 Å². The van der Waals surface area contributed by atoms with Crippen molar-refractivity contribution in [3.05, 3.63) is 63.6 Å². The largest absolute Gasteiger partial charge is 0.338 e. The first-order valence-electron chi connectivity index (χ1n) is 8.62. The average molecular weight is 343 g/mol. The number of nitrogens with zero attached hydrogens (tertiary/aromatic N) is 2. The molecule has 1 N–H and O–H groups in total. The Morgan fingerprint density at radius 1 is 1.36 bits per heavy atom. The summed E-state index contributed by atoms with van der Waals surface area (Å²) in [5.74, 6) is 0.410. The van der Waals surface area contributed by atoms with Gasteiger partial charge in [-0.05, 0) is 56.2 Å². The van der Waals surface area contributed by atoms with Crippen molar-refractivity contribution in [3.63, 3.8) is 0 Å². The number of hydrogen-bond donors (Lipinski definition) is 1. The third-order valence-corrected chi connectivity index (χ3v) is 4.72. The zero-order chi connectivity index (χ0) is 17.8. The number of carbonyl (C=O) groups excluding carboxylic acids is 1. The number of halogens is 1. The Morgan fingerprint density at radius 3 is 2.84 bits per heavy atom. The number of benzene rings is 1. The second kappa shape index (κ2) is 7.59. The van der Waals surface area contributed by atoms with Crippen LogP contribution in [0.25, 0.3) is 0 Å². The summed E-state index contributed by atoms with van der Waals surface area (Å²) in [6.07, 6.45) is 5.15. The maximum atomic E-state index is 13.0. The fourth-order valence-electron chi connectivity index (χ4n) is 3.31. The van der Waals surface area contributed by atoms with Crippen molar-refractivity contribution in [2.45, 2.75) is 32.6 Å².